The molecule has 0 aromatic carbocycles. The number of carbonyl (C=O) groups excluding carboxylic acids is 1. The van der Waals surface area contributed by atoms with Crippen LogP contribution in [0.5, 0.6) is 0 Å². The van der Waals surface area contributed by atoms with Gasteiger partial charge in [-0.15, -0.1) is 0 Å². The van der Waals surface area contributed by atoms with Crippen LogP contribution in [0.1, 0.15) is 72.1 Å². The molecule has 5 nitrogen and oxygen atoms in total. The minimum absolute atomic E-state index is 0.164. The Balaban J connectivity index is 1.36. The zero-order chi connectivity index (χ0) is 21.1. The van der Waals surface area contributed by atoms with Gasteiger partial charge < -0.3 is 4.74 Å². The minimum Gasteiger partial charge on any atom is -0.381 e. The van der Waals surface area contributed by atoms with Crippen molar-refractivity contribution >= 4 is 5.78 Å². The van der Waals surface area contributed by atoms with Gasteiger partial charge in [0.1, 0.15) is 6.54 Å². The van der Waals surface area contributed by atoms with Gasteiger partial charge in [-0.05, 0) is 91.8 Å². The lowest BCUT2D eigenvalue weighted by Crippen LogP contribution is -2.56. The maximum atomic E-state index is 13.2. The van der Waals surface area contributed by atoms with Crippen molar-refractivity contribution in [2.45, 2.75) is 84.8 Å². The lowest BCUT2D eigenvalue weighted by Gasteiger charge is -2.62. The van der Waals surface area contributed by atoms with E-state index in [1.165, 1.54) is 44.9 Å². The highest BCUT2D eigenvalue weighted by atomic mass is 16.5. The van der Waals surface area contributed by atoms with Crippen molar-refractivity contribution in [1.82, 2.24) is 15.0 Å². The number of Topliss-reactive ketones (excluding diaryl/α,β-unsaturated/α-hetero) is 1. The van der Waals surface area contributed by atoms with Gasteiger partial charge >= 0.3 is 0 Å². The maximum absolute atomic E-state index is 13.2. The summed E-state index contributed by atoms with van der Waals surface area (Å²) >= 11 is 0. The van der Waals surface area contributed by atoms with Gasteiger partial charge in [-0.2, -0.15) is 15.0 Å². The summed E-state index contributed by atoms with van der Waals surface area (Å²) in [5, 5.41) is 8.34. The standard InChI is InChI=1S/C25H39N3O2/c1-16-13-17-5-6-18-19-7-8-21(22(29)15-28-26-11-12-27-28)24(19,2)10-9-20(18)25(17,3)14-23(16)30-4/h11-12,16-21,23H,5-10,13-15H2,1-4H3. The molecule has 1 aromatic rings. The van der Waals surface area contributed by atoms with E-state index < -0.39 is 0 Å². The normalized spacial score (nSPS) is 47.9. The van der Waals surface area contributed by atoms with Crippen LogP contribution in [-0.2, 0) is 16.1 Å². The molecule has 9 unspecified atom stereocenters. The molecule has 4 fully saturated rings. The highest BCUT2D eigenvalue weighted by molar-refractivity contribution is 5.81. The van der Waals surface area contributed by atoms with E-state index in [0.717, 1.165) is 24.2 Å². The van der Waals surface area contributed by atoms with Crippen molar-refractivity contribution < 1.29 is 9.53 Å². The lowest BCUT2D eigenvalue weighted by atomic mass is 9.44. The first-order chi connectivity index (χ1) is 14.4. The van der Waals surface area contributed by atoms with Crippen molar-refractivity contribution in [3.05, 3.63) is 12.4 Å². The predicted octanol–water partition coefficient (Wildman–Crippen LogP) is 4.77. The van der Waals surface area contributed by atoms with E-state index in [1.54, 1.807) is 17.2 Å². The highest BCUT2D eigenvalue weighted by Gasteiger charge is 2.61. The smallest absolute Gasteiger partial charge is 0.159 e. The fourth-order valence-corrected chi connectivity index (χ4v) is 8.89. The average molecular weight is 414 g/mol. The number of ketones is 1. The Morgan fingerprint density at radius 1 is 1.07 bits per heavy atom. The largest absolute Gasteiger partial charge is 0.381 e. The summed E-state index contributed by atoms with van der Waals surface area (Å²) in [6.45, 7) is 7.76. The summed E-state index contributed by atoms with van der Waals surface area (Å²) in [5.74, 6) is 4.36. The third kappa shape index (κ3) is 3.02. The van der Waals surface area contributed by atoms with E-state index in [-0.39, 0.29) is 11.3 Å². The molecule has 0 N–H and O–H groups in total. The molecule has 0 amide bonds. The SMILES string of the molecule is COC1CC2(C)C(CCC3C2CCC2(C)C(C(=O)Cn4nccn4)CCC32)CC1C. The van der Waals surface area contributed by atoms with Crippen LogP contribution in [0, 0.1) is 46.3 Å². The average Bonchev–Trinajstić information content (AvgIpc) is 3.34. The number of methoxy groups -OCH3 is 1. The Kier molecular flexibility index (Phi) is 5.11. The van der Waals surface area contributed by atoms with Crippen molar-refractivity contribution in [2.75, 3.05) is 7.11 Å². The van der Waals surface area contributed by atoms with Crippen molar-refractivity contribution in [2.24, 2.45) is 46.3 Å². The highest BCUT2D eigenvalue weighted by Crippen LogP contribution is 2.68. The molecular formula is C25H39N3O2. The van der Waals surface area contributed by atoms with Crippen LogP contribution in [0.3, 0.4) is 0 Å². The third-order valence-corrected chi connectivity index (χ3v) is 10.5. The van der Waals surface area contributed by atoms with Crippen LogP contribution in [0.2, 0.25) is 0 Å². The predicted molar refractivity (Wildman–Crippen MR) is 116 cm³/mol. The summed E-state index contributed by atoms with van der Waals surface area (Å²) in [5.41, 5.74) is 0.579. The van der Waals surface area contributed by atoms with Gasteiger partial charge in [-0.25, -0.2) is 0 Å². The molecule has 0 radical (unpaired) electrons. The Bertz CT molecular complexity index is 779. The van der Waals surface area contributed by atoms with Gasteiger partial charge in [0.25, 0.3) is 0 Å². The quantitative estimate of drug-likeness (QED) is 0.714. The first-order valence-corrected chi connectivity index (χ1v) is 12.3. The topological polar surface area (TPSA) is 57.0 Å². The first kappa shape index (κ1) is 20.7. The molecule has 0 saturated heterocycles. The van der Waals surface area contributed by atoms with Crippen LogP contribution < -0.4 is 0 Å². The number of aromatic nitrogens is 3. The Hall–Kier alpha value is -1.23. The van der Waals surface area contributed by atoms with Gasteiger partial charge in [0, 0.05) is 13.0 Å². The summed E-state index contributed by atoms with van der Waals surface area (Å²) in [4.78, 5) is 14.8. The number of rotatable bonds is 4. The molecule has 166 valence electrons. The molecule has 9 atom stereocenters. The van der Waals surface area contributed by atoms with E-state index in [4.69, 9.17) is 4.74 Å². The fraction of sp³-hybridized carbons (Fsp3) is 0.880. The van der Waals surface area contributed by atoms with Gasteiger partial charge in [-0.1, -0.05) is 20.8 Å². The molecular weight excluding hydrogens is 374 g/mol. The number of hydrogen-bond acceptors (Lipinski definition) is 4. The maximum Gasteiger partial charge on any atom is 0.159 e. The van der Waals surface area contributed by atoms with Crippen molar-refractivity contribution in [3.8, 4) is 0 Å². The molecule has 4 aliphatic carbocycles. The molecule has 1 heterocycles. The molecule has 5 rings (SSSR count). The van der Waals surface area contributed by atoms with Crippen LogP contribution in [0.15, 0.2) is 12.4 Å². The van der Waals surface area contributed by atoms with E-state index in [0.29, 0.717) is 35.7 Å². The van der Waals surface area contributed by atoms with Crippen LogP contribution >= 0.6 is 0 Å². The molecule has 30 heavy (non-hydrogen) atoms. The Morgan fingerprint density at radius 2 is 1.80 bits per heavy atom. The van der Waals surface area contributed by atoms with Gasteiger partial charge in [0.05, 0.1) is 18.5 Å². The van der Waals surface area contributed by atoms with Crippen LogP contribution in [0.4, 0.5) is 0 Å². The second-order valence-corrected chi connectivity index (χ2v) is 11.5. The monoisotopic (exact) mass is 413 g/mol. The van der Waals surface area contributed by atoms with E-state index >= 15 is 0 Å². The Morgan fingerprint density at radius 3 is 2.53 bits per heavy atom. The summed E-state index contributed by atoms with van der Waals surface area (Å²) in [6, 6.07) is 0. The minimum atomic E-state index is 0.164. The van der Waals surface area contributed by atoms with Gasteiger partial charge in [0.15, 0.2) is 5.78 Å². The van der Waals surface area contributed by atoms with Crippen molar-refractivity contribution in [1.29, 1.82) is 0 Å². The number of ether oxygens (including phenoxy) is 1. The number of nitrogens with zero attached hydrogens (tertiary/aromatic N) is 3. The van der Waals surface area contributed by atoms with E-state index in [9.17, 15) is 4.79 Å². The molecule has 4 aliphatic rings. The fourth-order valence-electron chi connectivity index (χ4n) is 8.89. The lowest BCUT2D eigenvalue weighted by molar-refractivity contribution is -0.152. The summed E-state index contributed by atoms with van der Waals surface area (Å²) in [7, 11) is 1.91. The zero-order valence-corrected chi connectivity index (χ0v) is 19.2. The third-order valence-electron chi connectivity index (χ3n) is 10.5. The number of fused-ring (bicyclic) bond motifs is 5. The van der Waals surface area contributed by atoms with Crippen LogP contribution in [0.25, 0.3) is 0 Å². The Labute approximate surface area is 181 Å². The summed E-state index contributed by atoms with van der Waals surface area (Å²) < 4.78 is 5.94. The summed E-state index contributed by atoms with van der Waals surface area (Å²) in [6.07, 6.45) is 13.8. The zero-order valence-electron chi connectivity index (χ0n) is 19.2. The second-order valence-electron chi connectivity index (χ2n) is 11.5. The van der Waals surface area contributed by atoms with Gasteiger partial charge in [-0.3, -0.25) is 4.79 Å². The second kappa shape index (κ2) is 7.43. The van der Waals surface area contributed by atoms with E-state index in [1.807, 2.05) is 7.11 Å². The number of hydrogen-bond donors (Lipinski definition) is 0. The first-order valence-electron chi connectivity index (χ1n) is 12.3. The number of carbonyl (C=O) groups is 1. The van der Waals surface area contributed by atoms with Crippen molar-refractivity contribution in [3.63, 3.8) is 0 Å². The molecule has 1 aromatic heterocycles. The van der Waals surface area contributed by atoms with Gasteiger partial charge in [0.2, 0.25) is 0 Å². The molecule has 4 saturated carbocycles. The molecule has 5 heteroatoms. The van der Waals surface area contributed by atoms with Crippen LogP contribution in [-0.4, -0.2) is 34.0 Å². The molecule has 0 aliphatic heterocycles. The van der Waals surface area contributed by atoms with E-state index in [2.05, 4.69) is 31.0 Å². The molecule has 0 spiro atoms. The molecule has 0 bridgehead atoms.